The molecule has 1 unspecified atom stereocenters. The molecule has 0 spiro atoms. The molecule has 1 amide bonds. The second kappa shape index (κ2) is 5.07. The van der Waals surface area contributed by atoms with Gasteiger partial charge in [-0.05, 0) is 12.8 Å². The Morgan fingerprint density at radius 1 is 1.50 bits per heavy atom. The zero-order valence-electron chi connectivity index (χ0n) is 11.7. The highest BCUT2D eigenvalue weighted by molar-refractivity contribution is 5.86. The number of fused-ring (bicyclic) bond motifs is 1. The third-order valence-corrected chi connectivity index (χ3v) is 3.56. The number of carbonyl (C=O) groups is 1. The highest BCUT2D eigenvalue weighted by atomic mass is 16.2. The topological polar surface area (TPSA) is 75.4 Å². The minimum absolute atomic E-state index is 0.118. The molecule has 0 aromatic carbocycles. The number of nitrogens with zero attached hydrogens (tertiary/aromatic N) is 5. The summed E-state index contributed by atoms with van der Waals surface area (Å²) in [6, 6.07) is 1.76. The largest absolute Gasteiger partial charge is 0.358 e. The molecule has 7 nitrogen and oxygen atoms in total. The van der Waals surface area contributed by atoms with E-state index >= 15 is 0 Å². The second-order valence-electron chi connectivity index (χ2n) is 5.10. The van der Waals surface area contributed by atoms with Crippen LogP contribution in [0.1, 0.15) is 25.5 Å². The molecule has 0 radical (unpaired) electrons. The van der Waals surface area contributed by atoms with E-state index in [4.69, 9.17) is 0 Å². The molecule has 1 saturated heterocycles. The summed E-state index contributed by atoms with van der Waals surface area (Å²) < 4.78 is 1.64. The van der Waals surface area contributed by atoms with Gasteiger partial charge in [-0.1, -0.05) is 13.3 Å². The minimum Gasteiger partial charge on any atom is -0.358 e. The van der Waals surface area contributed by atoms with Crippen LogP contribution in [0.5, 0.6) is 0 Å². The third kappa shape index (κ3) is 2.19. The van der Waals surface area contributed by atoms with Crippen molar-refractivity contribution in [2.24, 2.45) is 0 Å². The van der Waals surface area contributed by atoms with Gasteiger partial charge in [-0.3, -0.25) is 4.79 Å². The van der Waals surface area contributed by atoms with Crippen LogP contribution in [0, 0.1) is 0 Å². The number of anilines is 1. The van der Waals surface area contributed by atoms with E-state index in [-0.39, 0.29) is 11.9 Å². The van der Waals surface area contributed by atoms with E-state index in [9.17, 15) is 4.79 Å². The van der Waals surface area contributed by atoms with Crippen molar-refractivity contribution in [3.63, 3.8) is 0 Å². The van der Waals surface area contributed by atoms with Gasteiger partial charge in [-0.15, -0.1) is 0 Å². The van der Waals surface area contributed by atoms with Crippen LogP contribution < -0.4 is 5.32 Å². The highest BCUT2D eigenvalue weighted by Gasteiger charge is 2.29. The maximum absolute atomic E-state index is 12.0. The van der Waals surface area contributed by atoms with E-state index in [2.05, 4.69) is 27.3 Å². The summed E-state index contributed by atoms with van der Waals surface area (Å²) in [5, 5.41) is 7.44. The van der Waals surface area contributed by atoms with E-state index in [0.29, 0.717) is 5.78 Å². The van der Waals surface area contributed by atoms with Crippen molar-refractivity contribution in [2.75, 3.05) is 18.9 Å². The first-order valence-corrected chi connectivity index (χ1v) is 6.90. The van der Waals surface area contributed by atoms with Crippen LogP contribution in [-0.4, -0.2) is 50.0 Å². The average Bonchev–Trinajstić information content (AvgIpc) is 3.01. The van der Waals surface area contributed by atoms with Crippen LogP contribution in [0.4, 0.5) is 5.82 Å². The van der Waals surface area contributed by atoms with E-state index in [1.165, 1.54) is 6.33 Å². The molecule has 20 heavy (non-hydrogen) atoms. The Kier molecular flexibility index (Phi) is 3.25. The normalized spacial score (nSPS) is 19.0. The fourth-order valence-electron chi connectivity index (χ4n) is 2.48. The third-order valence-electron chi connectivity index (χ3n) is 3.56. The van der Waals surface area contributed by atoms with Gasteiger partial charge in [0.05, 0.1) is 0 Å². The molecular formula is C13H18N6O. The van der Waals surface area contributed by atoms with Gasteiger partial charge in [0.25, 0.3) is 5.78 Å². The monoisotopic (exact) mass is 274 g/mol. The summed E-state index contributed by atoms with van der Waals surface area (Å²) in [6.45, 7) is 2.89. The standard InChI is InChI=1S/C13H18N6O/c1-3-4-9-7-11(19-13(16-9)14-8-15-19)17-10-5-6-18(2)12(10)20/h7-8,10,17H,3-6H2,1-2H3. The number of amides is 1. The van der Waals surface area contributed by atoms with Crippen molar-refractivity contribution in [2.45, 2.75) is 32.2 Å². The molecule has 1 fully saturated rings. The van der Waals surface area contributed by atoms with Crippen LogP contribution in [-0.2, 0) is 11.2 Å². The van der Waals surface area contributed by atoms with Crippen LogP contribution in [0.2, 0.25) is 0 Å². The summed E-state index contributed by atoms with van der Waals surface area (Å²) in [7, 11) is 1.82. The molecule has 7 heteroatoms. The first-order valence-electron chi connectivity index (χ1n) is 6.90. The molecular weight excluding hydrogens is 256 g/mol. The van der Waals surface area contributed by atoms with Crippen molar-refractivity contribution in [3.05, 3.63) is 18.1 Å². The molecule has 0 aliphatic carbocycles. The van der Waals surface area contributed by atoms with Gasteiger partial charge < -0.3 is 10.2 Å². The average molecular weight is 274 g/mol. The van der Waals surface area contributed by atoms with Gasteiger partial charge in [0.1, 0.15) is 18.2 Å². The Hall–Kier alpha value is -2.18. The van der Waals surface area contributed by atoms with Gasteiger partial charge in [0, 0.05) is 25.4 Å². The van der Waals surface area contributed by atoms with E-state index in [1.54, 1.807) is 9.42 Å². The first kappa shape index (κ1) is 12.8. The number of nitrogens with one attached hydrogen (secondary N) is 1. The quantitative estimate of drug-likeness (QED) is 0.889. The van der Waals surface area contributed by atoms with Crippen LogP contribution in [0.25, 0.3) is 5.78 Å². The summed E-state index contributed by atoms with van der Waals surface area (Å²) in [5.41, 5.74) is 0.967. The SMILES string of the molecule is CCCc1cc(NC2CCN(C)C2=O)n2ncnc2n1. The van der Waals surface area contributed by atoms with Crippen molar-refractivity contribution < 1.29 is 4.79 Å². The Bertz CT molecular complexity index is 637. The number of likely N-dealkylation sites (N-methyl/N-ethyl adjacent to an activating group) is 1. The number of rotatable bonds is 4. The van der Waals surface area contributed by atoms with Crippen molar-refractivity contribution >= 4 is 17.5 Å². The lowest BCUT2D eigenvalue weighted by molar-refractivity contribution is -0.127. The molecule has 3 rings (SSSR count). The number of aromatic nitrogens is 4. The fraction of sp³-hybridized carbons (Fsp3) is 0.538. The first-order chi connectivity index (χ1) is 9.69. The molecule has 2 aromatic rings. The van der Waals surface area contributed by atoms with Crippen molar-refractivity contribution in [1.29, 1.82) is 0 Å². The molecule has 0 saturated carbocycles. The van der Waals surface area contributed by atoms with Crippen LogP contribution >= 0.6 is 0 Å². The maximum atomic E-state index is 12.0. The van der Waals surface area contributed by atoms with Gasteiger partial charge in [0.2, 0.25) is 5.91 Å². The smallest absolute Gasteiger partial charge is 0.254 e. The Balaban J connectivity index is 1.93. The fourth-order valence-corrected chi connectivity index (χ4v) is 2.48. The lowest BCUT2D eigenvalue weighted by Crippen LogP contribution is -2.31. The highest BCUT2D eigenvalue weighted by Crippen LogP contribution is 2.17. The maximum Gasteiger partial charge on any atom is 0.254 e. The minimum atomic E-state index is -0.190. The van der Waals surface area contributed by atoms with E-state index < -0.39 is 0 Å². The van der Waals surface area contributed by atoms with Crippen molar-refractivity contribution in [3.8, 4) is 0 Å². The molecule has 1 aliphatic heterocycles. The number of likely N-dealkylation sites (tertiary alicyclic amines) is 1. The summed E-state index contributed by atoms with van der Waals surface area (Å²) in [4.78, 5) is 22.3. The Morgan fingerprint density at radius 2 is 2.35 bits per heavy atom. The summed E-state index contributed by atoms with van der Waals surface area (Å²) in [5.74, 6) is 1.47. The lowest BCUT2D eigenvalue weighted by atomic mass is 10.2. The Labute approximate surface area is 117 Å². The van der Waals surface area contributed by atoms with Crippen molar-refractivity contribution in [1.82, 2.24) is 24.5 Å². The van der Waals surface area contributed by atoms with Gasteiger partial charge >= 0.3 is 0 Å². The Morgan fingerprint density at radius 3 is 3.05 bits per heavy atom. The summed E-state index contributed by atoms with van der Waals surface area (Å²) in [6.07, 6.45) is 4.18. The zero-order chi connectivity index (χ0) is 14.1. The molecule has 1 N–H and O–H groups in total. The van der Waals surface area contributed by atoms with Crippen LogP contribution in [0.3, 0.4) is 0 Å². The molecule has 3 heterocycles. The van der Waals surface area contributed by atoms with E-state index in [1.807, 2.05) is 13.1 Å². The predicted molar refractivity (Wildman–Crippen MR) is 74.4 cm³/mol. The molecule has 1 atom stereocenters. The van der Waals surface area contributed by atoms with Gasteiger partial charge in [-0.2, -0.15) is 14.6 Å². The van der Waals surface area contributed by atoms with Gasteiger partial charge in [0.15, 0.2) is 0 Å². The number of carbonyl (C=O) groups excluding carboxylic acids is 1. The summed E-state index contributed by atoms with van der Waals surface area (Å²) >= 11 is 0. The zero-order valence-corrected chi connectivity index (χ0v) is 11.7. The number of hydrogen-bond donors (Lipinski definition) is 1. The molecule has 1 aliphatic rings. The lowest BCUT2D eigenvalue weighted by Gasteiger charge is -2.14. The van der Waals surface area contributed by atoms with E-state index in [0.717, 1.165) is 37.3 Å². The molecule has 0 bridgehead atoms. The predicted octanol–water partition coefficient (Wildman–Crippen LogP) is 0.719. The van der Waals surface area contributed by atoms with Crippen LogP contribution in [0.15, 0.2) is 12.4 Å². The number of aryl methyl sites for hydroxylation is 1. The second-order valence-corrected chi connectivity index (χ2v) is 5.10. The number of hydrogen-bond acceptors (Lipinski definition) is 5. The molecule has 2 aromatic heterocycles. The van der Waals surface area contributed by atoms with Gasteiger partial charge in [-0.25, -0.2) is 4.98 Å². The molecule has 106 valence electrons.